The molecule has 0 unspecified atom stereocenters. The van der Waals surface area contributed by atoms with E-state index in [0.29, 0.717) is 0 Å². The zero-order valence-electron chi connectivity index (χ0n) is 17.7. The van der Waals surface area contributed by atoms with Crippen LogP contribution in [0.4, 0.5) is 17.1 Å². The molecule has 0 bridgehead atoms. The van der Waals surface area contributed by atoms with Crippen LogP contribution in [-0.4, -0.2) is 9.97 Å². The van der Waals surface area contributed by atoms with E-state index in [1.54, 1.807) is 0 Å². The van der Waals surface area contributed by atoms with Crippen molar-refractivity contribution in [2.24, 2.45) is 0 Å². The minimum atomic E-state index is 0.888. The van der Waals surface area contributed by atoms with Gasteiger partial charge in [0.15, 0.2) is 0 Å². The summed E-state index contributed by atoms with van der Waals surface area (Å²) in [4.78, 5) is 12.0. The third-order valence-corrected chi connectivity index (χ3v) is 5.86. The SMILES string of the molecule is Cc1ccc(N(c2ccc3ccccc3c2)c2ccc3nc4ccccc4nc3c2)cc1. The fourth-order valence-electron chi connectivity index (χ4n) is 4.20. The molecular formula is C29H21N3. The lowest BCUT2D eigenvalue weighted by Crippen LogP contribution is -2.10. The van der Waals surface area contributed by atoms with Crippen LogP contribution in [0.1, 0.15) is 5.56 Å². The van der Waals surface area contributed by atoms with E-state index in [1.807, 2.05) is 24.3 Å². The lowest BCUT2D eigenvalue weighted by Gasteiger charge is -2.26. The Labute approximate surface area is 186 Å². The first-order valence-corrected chi connectivity index (χ1v) is 10.8. The summed E-state index contributed by atoms with van der Waals surface area (Å²) in [6.45, 7) is 2.11. The summed E-state index contributed by atoms with van der Waals surface area (Å²) in [5.41, 5.74) is 8.13. The van der Waals surface area contributed by atoms with Crippen molar-refractivity contribution in [3.8, 4) is 0 Å². The van der Waals surface area contributed by atoms with Gasteiger partial charge in [0.1, 0.15) is 0 Å². The fraction of sp³-hybridized carbons (Fsp3) is 0.0345. The van der Waals surface area contributed by atoms with E-state index >= 15 is 0 Å². The summed E-state index contributed by atoms with van der Waals surface area (Å²) in [7, 11) is 0. The predicted octanol–water partition coefficient (Wildman–Crippen LogP) is 7.71. The van der Waals surface area contributed by atoms with Crippen molar-refractivity contribution >= 4 is 49.9 Å². The van der Waals surface area contributed by atoms with Crippen LogP contribution in [0.2, 0.25) is 0 Å². The van der Waals surface area contributed by atoms with Gasteiger partial charge in [-0.2, -0.15) is 0 Å². The molecule has 152 valence electrons. The lowest BCUT2D eigenvalue weighted by molar-refractivity contribution is 1.28. The maximum atomic E-state index is 4.88. The third kappa shape index (κ3) is 3.25. The highest BCUT2D eigenvalue weighted by Gasteiger charge is 2.14. The molecule has 0 radical (unpaired) electrons. The maximum Gasteiger partial charge on any atom is 0.0915 e. The molecular weight excluding hydrogens is 390 g/mol. The van der Waals surface area contributed by atoms with Gasteiger partial charge in [0.2, 0.25) is 0 Å². The molecule has 0 saturated heterocycles. The summed E-state index contributed by atoms with van der Waals surface area (Å²) in [5, 5.41) is 2.45. The van der Waals surface area contributed by atoms with Crippen LogP contribution in [0.15, 0.2) is 109 Å². The molecule has 0 aliphatic heterocycles. The molecule has 1 heterocycles. The van der Waals surface area contributed by atoms with Crippen LogP contribution >= 0.6 is 0 Å². The monoisotopic (exact) mass is 411 g/mol. The normalized spacial score (nSPS) is 11.3. The molecule has 3 nitrogen and oxygen atoms in total. The lowest BCUT2D eigenvalue weighted by atomic mass is 10.1. The van der Waals surface area contributed by atoms with Gasteiger partial charge in [0, 0.05) is 17.1 Å². The van der Waals surface area contributed by atoms with Gasteiger partial charge in [0.05, 0.1) is 22.1 Å². The van der Waals surface area contributed by atoms with Crippen molar-refractivity contribution in [1.82, 2.24) is 9.97 Å². The number of aromatic nitrogens is 2. The van der Waals surface area contributed by atoms with Crippen LogP contribution < -0.4 is 4.90 Å². The van der Waals surface area contributed by atoms with Gasteiger partial charge in [-0.1, -0.05) is 60.2 Å². The first kappa shape index (κ1) is 18.5. The average molecular weight is 412 g/mol. The Morgan fingerprint density at radius 2 is 1.03 bits per heavy atom. The van der Waals surface area contributed by atoms with Gasteiger partial charge in [-0.15, -0.1) is 0 Å². The van der Waals surface area contributed by atoms with Crippen molar-refractivity contribution in [3.05, 3.63) is 115 Å². The zero-order chi connectivity index (χ0) is 21.5. The molecule has 5 aromatic carbocycles. The Morgan fingerprint density at radius 1 is 0.469 bits per heavy atom. The Kier molecular flexibility index (Phi) is 4.32. The second-order valence-electron chi connectivity index (χ2n) is 8.09. The molecule has 6 aromatic rings. The van der Waals surface area contributed by atoms with E-state index in [2.05, 4.69) is 96.8 Å². The van der Waals surface area contributed by atoms with E-state index in [4.69, 9.17) is 9.97 Å². The summed E-state index contributed by atoms with van der Waals surface area (Å²) >= 11 is 0. The number of nitrogens with zero attached hydrogens (tertiary/aromatic N) is 3. The number of anilines is 3. The summed E-state index contributed by atoms with van der Waals surface area (Å²) < 4.78 is 0. The quantitative estimate of drug-likeness (QED) is 0.279. The van der Waals surface area contributed by atoms with Gasteiger partial charge >= 0.3 is 0 Å². The molecule has 0 N–H and O–H groups in total. The predicted molar refractivity (Wildman–Crippen MR) is 134 cm³/mol. The van der Waals surface area contributed by atoms with E-state index in [0.717, 1.165) is 39.1 Å². The Balaban J connectivity index is 1.56. The first-order valence-electron chi connectivity index (χ1n) is 10.8. The largest absolute Gasteiger partial charge is 0.310 e. The Bertz CT molecular complexity index is 1590. The van der Waals surface area contributed by atoms with E-state index in [-0.39, 0.29) is 0 Å². The van der Waals surface area contributed by atoms with Gasteiger partial charge in [-0.05, 0) is 72.3 Å². The molecule has 0 fully saturated rings. The standard InChI is InChI=1S/C29H21N3/c1-20-10-13-23(14-11-20)32(24-15-12-21-6-2-3-7-22(21)18-24)25-16-17-28-29(19-25)31-27-9-5-4-8-26(27)30-28/h2-19H,1H3. The maximum absolute atomic E-state index is 4.88. The van der Waals surface area contributed by atoms with Crippen LogP contribution in [0.25, 0.3) is 32.8 Å². The van der Waals surface area contributed by atoms with Crippen molar-refractivity contribution < 1.29 is 0 Å². The van der Waals surface area contributed by atoms with Crippen LogP contribution in [0.3, 0.4) is 0 Å². The molecule has 0 spiro atoms. The third-order valence-electron chi connectivity index (χ3n) is 5.86. The number of benzene rings is 5. The Hall–Kier alpha value is -4.24. The number of rotatable bonds is 3. The van der Waals surface area contributed by atoms with Crippen molar-refractivity contribution in [3.63, 3.8) is 0 Å². The number of hydrogen-bond acceptors (Lipinski definition) is 3. The summed E-state index contributed by atoms with van der Waals surface area (Å²) in [6.07, 6.45) is 0. The first-order chi connectivity index (χ1) is 15.7. The van der Waals surface area contributed by atoms with E-state index in [1.165, 1.54) is 16.3 Å². The fourth-order valence-corrected chi connectivity index (χ4v) is 4.20. The summed E-state index contributed by atoms with van der Waals surface area (Å²) in [6, 6.07) is 38.0. The molecule has 0 aliphatic carbocycles. The van der Waals surface area contributed by atoms with Crippen LogP contribution in [-0.2, 0) is 0 Å². The number of fused-ring (bicyclic) bond motifs is 3. The minimum Gasteiger partial charge on any atom is -0.310 e. The topological polar surface area (TPSA) is 29.0 Å². The molecule has 0 saturated carbocycles. The van der Waals surface area contributed by atoms with Crippen LogP contribution in [0.5, 0.6) is 0 Å². The van der Waals surface area contributed by atoms with E-state index < -0.39 is 0 Å². The number of para-hydroxylation sites is 2. The molecule has 32 heavy (non-hydrogen) atoms. The molecule has 0 aliphatic rings. The Morgan fingerprint density at radius 3 is 1.81 bits per heavy atom. The number of aryl methyl sites for hydroxylation is 1. The molecule has 1 aromatic heterocycles. The van der Waals surface area contributed by atoms with E-state index in [9.17, 15) is 0 Å². The van der Waals surface area contributed by atoms with Crippen molar-refractivity contribution in [2.75, 3.05) is 4.90 Å². The molecule has 0 atom stereocenters. The highest BCUT2D eigenvalue weighted by molar-refractivity contribution is 5.92. The van der Waals surface area contributed by atoms with Crippen molar-refractivity contribution in [2.45, 2.75) is 6.92 Å². The van der Waals surface area contributed by atoms with Gasteiger partial charge < -0.3 is 4.90 Å². The van der Waals surface area contributed by atoms with Crippen LogP contribution in [0, 0.1) is 6.92 Å². The highest BCUT2D eigenvalue weighted by atomic mass is 15.1. The molecule has 6 rings (SSSR count). The second-order valence-corrected chi connectivity index (χ2v) is 8.09. The number of hydrogen-bond donors (Lipinski definition) is 0. The molecule has 0 amide bonds. The van der Waals surface area contributed by atoms with Crippen molar-refractivity contribution in [1.29, 1.82) is 0 Å². The highest BCUT2D eigenvalue weighted by Crippen LogP contribution is 2.37. The average Bonchev–Trinajstić information content (AvgIpc) is 2.84. The zero-order valence-corrected chi connectivity index (χ0v) is 17.7. The summed E-state index contributed by atoms with van der Waals surface area (Å²) in [5.74, 6) is 0. The molecule has 3 heteroatoms. The second kappa shape index (κ2) is 7.47. The van der Waals surface area contributed by atoms with Gasteiger partial charge in [0.25, 0.3) is 0 Å². The van der Waals surface area contributed by atoms with Gasteiger partial charge in [-0.25, -0.2) is 9.97 Å². The minimum absolute atomic E-state index is 0.888. The smallest absolute Gasteiger partial charge is 0.0915 e. The van der Waals surface area contributed by atoms with Gasteiger partial charge in [-0.3, -0.25) is 0 Å².